The summed E-state index contributed by atoms with van der Waals surface area (Å²) in [7, 11) is 0. The van der Waals surface area contributed by atoms with Gasteiger partial charge >= 0.3 is 0 Å². The maximum atomic E-state index is 11.8. The fourth-order valence-electron chi connectivity index (χ4n) is 2.54. The second-order valence-electron chi connectivity index (χ2n) is 4.64. The Morgan fingerprint density at radius 3 is 2.80 bits per heavy atom. The summed E-state index contributed by atoms with van der Waals surface area (Å²) in [6.07, 6.45) is 8.25. The van der Waals surface area contributed by atoms with Crippen LogP contribution in [-0.2, 0) is 11.3 Å². The van der Waals surface area contributed by atoms with Crippen molar-refractivity contribution >= 4 is 5.91 Å². The summed E-state index contributed by atoms with van der Waals surface area (Å²) in [5, 5.41) is 2.94. The maximum absolute atomic E-state index is 11.8. The molecule has 4 heteroatoms. The molecular weight excluding hydrogens is 190 g/mol. The van der Waals surface area contributed by atoms with Gasteiger partial charge in [0.15, 0.2) is 0 Å². The predicted octanol–water partition coefficient (Wildman–Crippen LogP) is 0.893. The van der Waals surface area contributed by atoms with Crippen LogP contribution in [0.4, 0.5) is 0 Å². The van der Waals surface area contributed by atoms with Gasteiger partial charge in [-0.3, -0.25) is 14.8 Å². The molecule has 15 heavy (non-hydrogen) atoms. The molecule has 0 unspecified atom stereocenters. The van der Waals surface area contributed by atoms with E-state index < -0.39 is 0 Å². The third kappa shape index (κ3) is 1.32. The zero-order valence-corrected chi connectivity index (χ0v) is 8.44. The molecule has 4 rings (SSSR count). The summed E-state index contributed by atoms with van der Waals surface area (Å²) >= 11 is 0. The highest BCUT2D eigenvalue weighted by molar-refractivity contribution is 5.85. The average molecular weight is 203 g/mol. The highest BCUT2D eigenvalue weighted by Crippen LogP contribution is 2.64. The third-order valence-corrected chi connectivity index (χ3v) is 3.57. The maximum Gasteiger partial charge on any atom is 0.226 e. The third-order valence-electron chi connectivity index (χ3n) is 3.57. The van der Waals surface area contributed by atoms with Crippen LogP contribution in [0.15, 0.2) is 18.6 Å². The molecule has 0 saturated heterocycles. The van der Waals surface area contributed by atoms with Crippen LogP contribution < -0.4 is 5.32 Å². The van der Waals surface area contributed by atoms with Crippen molar-refractivity contribution in [2.24, 2.45) is 11.3 Å². The molecule has 0 aromatic carbocycles. The minimum atomic E-state index is 0.00682. The Labute approximate surface area is 88.1 Å². The number of nitrogens with zero attached hydrogens (tertiary/aromatic N) is 2. The SMILES string of the molecule is O=C(NCc1cnccn1)C12CC(C1)C2. The van der Waals surface area contributed by atoms with Crippen molar-refractivity contribution in [3.05, 3.63) is 24.3 Å². The van der Waals surface area contributed by atoms with Gasteiger partial charge in [-0.15, -0.1) is 0 Å². The summed E-state index contributed by atoms with van der Waals surface area (Å²) in [6, 6.07) is 0. The summed E-state index contributed by atoms with van der Waals surface area (Å²) in [5.74, 6) is 1.04. The van der Waals surface area contributed by atoms with Crippen molar-refractivity contribution in [3.8, 4) is 0 Å². The van der Waals surface area contributed by atoms with Gasteiger partial charge in [0.1, 0.15) is 0 Å². The summed E-state index contributed by atoms with van der Waals surface area (Å²) in [6.45, 7) is 0.499. The number of hydrogen-bond donors (Lipinski definition) is 1. The van der Waals surface area contributed by atoms with E-state index in [-0.39, 0.29) is 11.3 Å². The van der Waals surface area contributed by atoms with Gasteiger partial charge in [0.05, 0.1) is 18.4 Å². The van der Waals surface area contributed by atoms with Gasteiger partial charge in [-0.25, -0.2) is 0 Å². The lowest BCUT2D eigenvalue weighted by Crippen LogP contribution is -2.60. The average Bonchev–Trinajstić information content (AvgIpc) is 2.11. The molecule has 2 bridgehead atoms. The molecular formula is C11H13N3O. The Balaban J connectivity index is 1.56. The minimum Gasteiger partial charge on any atom is -0.350 e. The standard InChI is InChI=1S/C11H13N3O/c15-10(11-3-8(4-11)5-11)14-7-9-6-12-1-2-13-9/h1-2,6,8H,3-5,7H2,(H,14,15). The highest BCUT2D eigenvalue weighted by atomic mass is 16.2. The number of rotatable bonds is 3. The molecule has 1 heterocycles. The first-order valence-electron chi connectivity index (χ1n) is 5.32. The van der Waals surface area contributed by atoms with Crippen LogP contribution in [0, 0.1) is 11.3 Å². The van der Waals surface area contributed by atoms with E-state index in [2.05, 4.69) is 15.3 Å². The second-order valence-corrected chi connectivity index (χ2v) is 4.64. The molecule has 3 saturated carbocycles. The topological polar surface area (TPSA) is 54.9 Å². The molecule has 0 radical (unpaired) electrons. The van der Waals surface area contributed by atoms with Crippen LogP contribution in [0.25, 0.3) is 0 Å². The quantitative estimate of drug-likeness (QED) is 0.793. The molecule has 3 aliphatic carbocycles. The van der Waals surface area contributed by atoms with Crippen molar-refractivity contribution in [1.29, 1.82) is 0 Å². The molecule has 1 aromatic heterocycles. The van der Waals surface area contributed by atoms with Gasteiger partial charge in [-0.1, -0.05) is 0 Å². The number of nitrogens with one attached hydrogen (secondary N) is 1. The van der Waals surface area contributed by atoms with Gasteiger partial charge in [-0.05, 0) is 25.2 Å². The Bertz CT molecular complexity index is 373. The number of carbonyl (C=O) groups excluding carboxylic acids is 1. The lowest BCUT2D eigenvalue weighted by Gasteiger charge is -2.60. The van der Waals surface area contributed by atoms with Crippen molar-refractivity contribution in [3.63, 3.8) is 0 Å². The van der Waals surface area contributed by atoms with E-state index in [1.165, 1.54) is 0 Å². The fourth-order valence-corrected chi connectivity index (χ4v) is 2.54. The first kappa shape index (κ1) is 8.83. The molecule has 3 aliphatic rings. The monoisotopic (exact) mass is 203 g/mol. The van der Waals surface area contributed by atoms with Crippen LogP contribution in [-0.4, -0.2) is 15.9 Å². The Hall–Kier alpha value is -1.45. The van der Waals surface area contributed by atoms with Gasteiger partial charge in [0.2, 0.25) is 5.91 Å². The molecule has 3 fully saturated rings. The minimum absolute atomic E-state index is 0.00682. The number of carbonyl (C=O) groups is 1. The largest absolute Gasteiger partial charge is 0.350 e. The number of aromatic nitrogens is 2. The first-order valence-corrected chi connectivity index (χ1v) is 5.32. The summed E-state index contributed by atoms with van der Waals surface area (Å²) in [5.41, 5.74) is 0.824. The first-order chi connectivity index (χ1) is 7.28. The Kier molecular flexibility index (Phi) is 1.78. The lowest BCUT2D eigenvalue weighted by atomic mass is 9.44. The molecule has 1 amide bonds. The van der Waals surface area contributed by atoms with E-state index in [0.717, 1.165) is 30.9 Å². The fraction of sp³-hybridized carbons (Fsp3) is 0.545. The van der Waals surface area contributed by atoms with Gasteiger partial charge in [0, 0.05) is 17.8 Å². The van der Waals surface area contributed by atoms with Gasteiger partial charge in [-0.2, -0.15) is 0 Å². The van der Waals surface area contributed by atoms with E-state index in [4.69, 9.17) is 0 Å². The highest BCUT2D eigenvalue weighted by Gasteiger charge is 2.61. The van der Waals surface area contributed by atoms with E-state index in [1.54, 1.807) is 18.6 Å². The van der Waals surface area contributed by atoms with Crippen LogP contribution >= 0.6 is 0 Å². The number of amides is 1. The van der Waals surface area contributed by atoms with Crippen molar-refractivity contribution in [1.82, 2.24) is 15.3 Å². The van der Waals surface area contributed by atoms with Crippen LogP contribution in [0.2, 0.25) is 0 Å². The van der Waals surface area contributed by atoms with Crippen molar-refractivity contribution in [2.45, 2.75) is 25.8 Å². The molecule has 0 atom stereocenters. The van der Waals surface area contributed by atoms with Crippen LogP contribution in [0.5, 0.6) is 0 Å². The van der Waals surface area contributed by atoms with E-state index in [1.807, 2.05) is 0 Å². The lowest BCUT2D eigenvalue weighted by molar-refractivity contribution is -0.165. The Morgan fingerprint density at radius 2 is 2.27 bits per heavy atom. The smallest absolute Gasteiger partial charge is 0.226 e. The summed E-state index contributed by atoms with van der Waals surface area (Å²) < 4.78 is 0. The second kappa shape index (κ2) is 3.02. The van der Waals surface area contributed by atoms with Crippen LogP contribution in [0.3, 0.4) is 0 Å². The zero-order valence-electron chi connectivity index (χ0n) is 8.44. The molecule has 78 valence electrons. The zero-order chi connectivity index (χ0) is 10.3. The predicted molar refractivity (Wildman–Crippen MR) is 53.7 cm³/mol. The normalized spacial score (nSPS) is 31.3. The van der Waals surface area contributed by atoms with Crippen molar-refractivity contribution < 1.29 is 4.79 Å². The van der Waals surface area contributed by atoms with E-state index in [0.29, 0.717) is 6.54 Å². The number of hydrogen-bond acceptors (Lipinski definition) is 3. The summed E-state index contributed by atoms with van der Waals surface area (Å²) in [4.78, 5) is 19.9. The van der Waals surface area contributed by atoms with Gasteiger partial charge in [0.25, 0.3) is 0 Å². The van der Waals surface area contributed by atoms with E-state index in [9.17, 15) is 4.79 Å². The molecule has 0 aliphatic heterocycles. The van der Waals surface area contributed by atoms with Crippen LogP contribution in [0.1, 0.15) is 25.0 Å². The molecule has 1 aromatic rings. The van der Waals surface area contributed by atoms with Crippen molar-refractivity contribution in [2.75, 3.05) is 0 Å². The van der Waals surface area contributed by atoms with E-state index >= 15 is 0 Å². The van der Waals surface area contributed by atoms with Gasteiger partial charge < -0.3 is 5.32 Å². The molecule has 4 nitrogen and oxygen atoms in total. The Morgan fingerprint density at radius 1 is 1.47 bits per heavy atom. The molecule has 0 spiro atoms. The molecule has 1 N–H and O–H groups in total.